The molecule has 5 heteroatoms. The van der Waals surface area contributed by atoms with Gasteiger partial charge in [-0.1, -0.05) is 0 Å². The first kappa shape index (κ1) is 13.7. The normalized spacial score (nSPS) is 19.2. The smallest absolute Gasteiger partial charge is 0.337 e. The molecule has 1 aliphatic heterocycles. The quantitative estimate of drug-likeness (QED) is 0.807. The lowest BCUT2D eigenvalue weighted by Crippen LogP contribution is -2.31. The molecule has 1 heterocycles. The van der Waals surface area contributed by atoms with Crippen molar-refractivity contribution >= 4 is 17.3 Å². The molecule has 0 amide bonds. The van der Waals surface area contributed by atoms with E-state index in [1.807, 2.05) is 13.0 Å². The van der Waals surface area contributed by atoms with E-state index in [0.717, 1.165) is 30.8 Å². The predicted molar refractivity (Wildman–Crippen MR) is 76.9 cm³/mol. The van der Waals surface area contributed by atoms with E-state index in [1.165, 1.54) is 0 Å². The van der Waals surface area contributed by atoms with Crippen molar-refractivity contribution in [2.75, 3.05) is 37.8 Å². The lowest BCUT2D eigenvalue weighted by atomic mass is 10.1. The van der Waals surface area contributed by atoms with Crippen molar-refractivity contribution in [3.8, 4) is 0 Å². The predicted octanol–water partition coefficient (Wildman–Crippen LogP) is 1.42. The third-order valence-electron chi connectivity index (χ3n) is 3.86. The van der Waals surface area contributed by atoms with E-state index >= 15 is 0 Å². The van der Waals surface area contributed by atoms with E-state index in [2.05, 4.69) is 23.9 Å². The van der Waals surface area contributed by atoms with Crippen LogP contribution in [0.5, 0.6) is 0 Å². The Bertz CT molecular complexity index is 500. The fourth-order valence-corrected chi connectivity index (χ4v) is 2.54. The molecule has 0 spiro atoms. The minimum atomic E-state index is -0.967. The number of rotatable bonds is 3. The number of hydrogen-bond donors (Lipinski definition) is 2. The van der Waals surface area contributed by atoms with Crippen LogP contribution in [0.25, 0.3) is 0 Å². The SMILES string of the molecule is Cc1cc(N2CCC(N(C)C)C2)cc(C(=O)O)c1N. The van der Waals surface area contributed by atoms with Crippen LogP contribution < -0.4 is 10.6 Å². The maximum atomic E-state index is 11.2. The molecule has 1 aliphatic rings. The number of benzene rings is 1. The van der Waals surface area contributed by atoms with Crippen LogP contribution in [-0.2, 0) is 0 Å². The van der Waals surface area contributed by atoms with Crippen molar-refractivity contribution in [3.63, 3.8) is 0 Å². The van der Waals surface area contributed by atoms with Crippen molar-refractivity contribution in [1.82, 2.24) is 4.90 Å². The summed E-state index contributed by atoms with van der Waals surface area (Å²) in [7, 11) is 4.15. The molecule has 1 aromatic carbocycles. The first-order valence-electron chi connectivity index (χ1n) is 6.45. The topological polar surface area (TPSA) is 69.8 Å². The molecule has 3 N–H and O–H groups in total. The Morgan fingerprint density at radius 1 is 1.47 bits per heavy atom. The van der Waals surface area contributed by atoms with Gasteiger partial charge in [0, 0.05) is 30.5 Å². The number of carbonyl (C=O) groups is 1. The van der Waals surface area contributed by atoms with E-state index in [0.29, 0.717) is 11.7 Å². The number of anilines is 2. The number of hydrogen-bond acceptors (Lipinski definition) is 4. The van der Waals surface area contributed by atoms with Gasteiger partial charge in [0.15, 0.2) is 0 Å². The minimum absolute atomic E-state index is 0.198. The number of aryl methyl sites for hydroxylation is 1. The number of aromatic carboxylic acids is 1. The van der Waals surface area contributed by atoms with Crippen LogP contribution in [0, 0.1) is 6.92 Å². The van der Waals surface area contributed by atoms with Gasteiger partial charge in [0.2, 0.25) is 0 Å². The molecule has 5 nitrogen and oxygen atoms in total. The maximum absolute atomic E-state index is 11.2. The second-order valence-electron chi connectivity index (χ2n) is 5.38. The highest BCUT2D eigenvalue weighted by Gasteiger charge is 2.25. The van der Waals surface area contributed by atoms with Gasteiger partial charge in [-0.15, -0.1) is 0 Å². The van der Waals surface area contributed by atoms with Crippen LogP contribution in [0.2, 0.25) is 0 Å². The molecule has 104 valence electrons. The van der Waals surface area contributed by atoms with E-state index in [4.69, 9.17) is 5.73 Å². The van der Waals surface area contributed by atoms with Gasteiger partial charge in [0.25, 0.3) is 0 Å². The van der Waals surface area contributed by atoms with E-state index in [-0.39, 0.29) is 5.56 Å². The Morgan fingerprint density at radius 2 is 2.16 bits per heavy atom. The molecule has 1 atom stereocenters. The number of likely N-dealkylation sites (N-methyl/N-ethyl adjacent to an activating group) is 1. The van der Waals surface area contributed by atoms with E-state index in [1.54, 1.807) is 6.07 Å². The lowest BCUT2D eigenvalue weighted by molar-refractivity contribution is 0.0698. The zero-order chi connectivity index (χ0) is 14.2. The summed E-state index contributed by atoms with van der Waals surface area (Å²) < 4.78 is 0. The largest absolute Gasteiger partial charge is 0.478 e. The number of nitrogens with two attached hydrogens (primary N) is 1. The lowest BCUT2D eigenvalue weighted by Gasteiger charge is -2.23. The van der Waals surface area contributed by atoms with Gasteiger partial charge >= 0.3 is 5.97 Å². The second-order valence-corrected chi connectivity index (χ2v) is 5.38. The van der Waals surface area contributed by atoms with Crippen LogP contribution in [0.4, 0.5) is 11.4 Å². The van der Waals surface area contributed by atoms with Crippen molar-refractivity contribution in [2.24, 2.45) is 0 Å². The van der Waals surface area contributed by atoms with Crippen LogP contribution >= 0.6 is 0 Å². The fourth-order valence-electron chi connectivity index (χ4n) is 2.54. The Hall–Kier alpha value is -1.75. The number of nitrogens with zero attached hydrogens (tertiary/aromatic N) is 2. The summed E-state index contributed by atoms with van der Waals surface area (Å²) in [6, 6.07) is 4.17. The first-order chi connectivity index (χ1) is 8.90. The molecular weight excluding hydrogens is 242 g/mol. The summed E-state index contributed by atoms with van der Waals surface area (Å²) in [5.41, 5.74) is 8.15. The highest BCUT2D eigenvalue weighted by atomic mass is 16.4. The summed E-state index contributed by atoms with van der Waals surface area (Å²) in [4.78, 5) is 15.6. The van der Waals surface area contributed by atoms with Crippen LogP contribution in [0.1, 0.15) is 22.3 Å². The van der Waals surface area contributed by atoms with Crippen LogP contribution in [0.3, 0.4) is 0 Å². The average molecular weight is 263 g/mol. The van der Waals surface area contributed by atoms with Gasteiger partial charge in [-0.25, -0.2) is 4.79 Å². The van der Waals surface area contributed by atoms with Gasteiger partial charge in [-0.3, -0.25) is 0 Å². The second kappa shape index (κ2) is 5.09. The van der Waals surface area contributed by atoms with Crippen molar-refractivity contribution in [1.29, 1.82) is 0 Å². The summed E-state index contributed by atoms with van der Waals surface area (Å²) in [5.74, 6) is -0.967. The number of carboxylic acid groups (broad SMARTS) is 1. The third-order valence-corrected chi connectivity index (χ3v) is 3.86. The summed E-state index contributed by atoms with van der Waals surface area (Å²) in [6.07, 6.45) is 1.10. The molecule has 1 unspecified atom stereocenters. The van der Waals surface area contributed by atoms with Crippen molar-refractivity contribution in [3.05, 3.63) is 23.3 Å². The summed E-state index contributed by atoms with van der Waals surface area (Å²) >= 11 is 0. The number of carboxylic acids is 1. The molecule has 1 fully saturated rings. The molecule has 19 heavy (non-hydrogen) atoms. The van der Waals surface area contributed by atoms with Gasteiger partial charge < -0.3 is 20.6 Å². The van der Waals surface area contributed by atoms with Crippen LogP contribution in [-0.4, -0.2) is 49.2 Å². The molecule has 0 aromatic heterocycles. The molecule has 1 aromatic rings. The maximum Gasteiger partial charge on any atom is 0.337 e. The third kappa shape index (κ3) is 2.66. The van der Waals surface area contributed by atoms with E-state index in [9.17, 15) is 9.90 Å². The van der Waals surface area contributed by atoms with Crippen molar-refractivity contribution in [2.45, 2.75) is 19.4 Å². The van der Waals surface area contributed by atoms with E-state index < -0.39 is 5.97 Å². The Balaban J connectivity index is 2.29. The minimum Gasteiger partial charge on any atom is -0.478 e. The summed E-state index contributed by atoms with van der Waals surface area (Å²) in [6.45, 7) is 3.73. The zero-order valence-electron chi connectivity index (χ0n) is 11.7. The van der Waals surface area contributed by atoms with Crippen molar-refractivity contribution < 1.29 is 9.90 Å². The highest BCUT2D eigenvalue weighted by molar-refractivity contribution is 5.95. The Kier molecular flexibility index (Phi) is 3.66. The zero-order valence-corrected chi connectivity index (χ0v) is 11.7. The molecular formula is C14H21N3O2. The fraction of sp³-hybridized carbons (Fsp3) is 0.500. The standard InChI is InChI=1S/C14H21N3O2/c1-9-6-11(7-12(13(9)15)14(18)19)17-5-4-10(8-17)16(2)3/h6-7,10H,4-5,8,15H2,1-3H3,(H,18,19). The molecule has 0 bridgehead atoms. The summed E-state index contributed by atoms with van der Waals surface area (Å²) in [5, 5.41) is 9.19. The molecule has 1 saturated heterocycles. The average Bonchev–Trinajstić information content (AvgIpc) is 2.81. The Labute approximate surface area is 113 Å². The van der Waals surface area contributed by atoms with Gasteiger partial charge in [0.1, 0.15) is 0 Å². The molecule has 0 aliphatic carbocycles. The molecule has 0 saturated carbocycles. The number of nitrogen functional groups attached to an aromatic ring is 1. The van der Waals surface area contributed by atoms with Gasteiger partial charge in [-0.05, 0) is 45.1 Å². The molecule has 0 radical (unpaired) electrons. The van der Waals surface area contributed by atoms with Crippen LogP contribution in [0.15, 0.2) is 12.1 Å². The van der Waals surface area contributed by atoms with Gasteiger partial charge in [-0.2, -0.15) is 0 Å². The van der Waals surface area contributed by atoms with Gasteiger partial charge in [0.05, 0.1) is 5.56 Å². The highest BCUT2D eigenvalue weighted by Crippen LogP contribution is 2.28. The first-order valence-corrected chi connectivity index (χ1v) is 6.45. The Morgan fingerprint density at radius 3 is 2.68 bits per heavy atom. The molecule has 2 rings (SSSR count). The monoisotopic (exact) mass is 263 g/mol.